The zero-order valence-corrected chi connectivity index (χ0v) is 15.7. The predicted octanol–water partition coefficient (Wildman–Crippen LogP) is 2.44. The van der Waals surface area contributed by atoms with E-state index in [0.717, 1.165) is 28.4 Å². The average Bonchev–Trinajstić information content (AvgIpc) is 3.21. The third-order valence-corrected chi connectivity index (χ3v) is 6.68. The van der Waals surface area contributed by atoms with Crippen molar-refractivity contribution in [1.29, 1.82) is 0 Å². The number of H-pyrrole nitrogens is 1. The van der Waals surface area contributed by atoms with Crippen LogP contribution in [-0.4, -0.2) is 31.3 Å². The van der Waals surface area contributed by atoms with Crippen LogP contribution < -0.4 is 10.9 Å². The van der Waals surface area contributed by atoms with Crippen LogP contribution >= 0.6 is 34.9 Å². The number of carbonyl (C=O) groups is 1. The number of rotatable bonds is 6. The van der Waals surface area contributed by atoms with E-state index in [0.29, 0.717) is 22.5 Å². The van der Waals surface area contributed by atoms with E-state index in [9.17, 15) is 9.59 Å². The summed E-state index contributed by atoms with van der Waals surface area (Å²) in [6.07, 6.45) is 1.41. The van der Waals surface area contributed by atoms with Crippen LogP contribution in [0.3, 0.4) is 0 Å². The Bertz CT molecular complexity index is 804. The number of nitrogens with one attached hydrogen (secondary N) is 2. The highest BCUT2D eigenvalue weighted by atomic mass is 32.2. The van der Waals surface area contributed by atoms with Crippen molar-refractivity contribution in [1.82, 2.24) is 20.2 Å². The van der Waals surface area contributed by atoms with E-state index in [4.69, 9.17) is 0 Å². The van der Waals surface area contributed by atoms with Crippen molar-refractivity contribution in [2.24, 2.45) is 0 Å². The van der Waals surface area contributed by atoms with Crippen LogP contribution in [0.15, 0.2) is 9.95 Å². The Kier molecular flexibility index (Phi) is 5.57. The van der Waals surface area contributed by atoms with E-state index in [-0.39, 0.29) is 16.7 Å². The predicted molar refractivity (Wildman–Crippen MR) is 97.7 cm³/mol. The third kappa shape index (κ3) is 3.81. The summed E-state index contributed by atoms with van der Waals surface area (Å²) in [5.41, 5.74) is 1.49. The fraction of sp³-hybridized carbons (Fsp3) is 0.500. The molecule has 0 fully saturated rings. The van der Waals surface area contributed by atoms with E-state index in [1.54, 1.807) is 11.8 Å². The monoisotopic (exact) mass is 383 g/mol. The largest absolute Gasteiger partial charge is 0.301 e. The molecule has 2 aromatic heterocycles. The minimum Gasteiger partial charge on any atom is -0.301 e. The molecule has 0 bridgehead atoms. The second-order valence-electron chi connectivity index (χ2n) is 5.15. The number of fused-ring (bicyclic) bond motifs is 1. The van der Waals surface area contributed by atoms with E-state index >= 15 is 0 Å². The van der Waals surface area contributed by atoms with Gasteiger partial charge in [0.15, 0.2) is 5.16 Å². The highest BCUT2D eigenvalue weighted by Crippen LogP contribution is 2.29. The van der Waals surface area contributed by atoms with Gasteiger partial charge in [0.25, 0.3) is 5.56 Å². The smallest absolute Gasteiger partial charge is 0.255 e. The topological polar surface area (TPSA) is 101 Å². The molecule has 1 aliphatic rings. The number of carbonyl (C=O) groups excluding carboxylic acids is 1. The van der Waals surface area contributed by atoms with Gasteiger partial charge >= 0.3 is 0 Å². The van der Waals surface area contributed by atoms with Crippen molar-refractivity contribution in [2.75, 3.05) is 5.32 Å². The number of thioether (sulfide) groups is 2. The molecule has 1 unspecified atom stereocenters. The molecule has 0 spiro atoms. The lowest BCUT2D eigenvalue weighted by atomic mass is 10.3. The maximum Gasteiger partial charge on any atom is 0.255 e. The molecule has 0 aromatic carbocycles. The van der Waals surface area contributed by atoms with E-state index < -0.39 is 0 Å². The molecule has 0 saturated heterocycles. The SMILES string of the molecule is CCc1nnc(NC(=O)C(CC)Sc2nc3c(c(=O)[nH]2)CSC3)s1. The molecule has 24 heavy (non-hydrogen) atoms. The molecule has 1 atom stereocenters. The Balaban J connectivity index is 1.71. The van der Waals surface area contributed by atoms with E-state index in [1.165, 1.54) is 23.1 Å². The average molecular weight is 384 g/mol. The normalized spacial score (nSPS) is 14.4. The molecule has 10 heteroatoms. The van der Waals surface area contributed by atoms with Gasteiger partial charge in [-0.05, 0) is 12.8 Å². The first kappa shape index (κ1) is 17.4. The van der Waals surface area contributed by atoms with Crippen molar-refractivity contribution in [3.63, 3.8) is 0 Å². The van der Waals surface area contributed by atoms with Gasteiger partial charge in [0.1, 0.15) is 5.01 Å². The summed E-state index contributed by atoms with van der Waals surface area (Å²) in [7, 11) is 0. The number of aromatic amines is 1. The van der Waals surface area contributed by atoms with Crippen LogP contribution in [-0.2, 0) is 22.7 Å². The molecular weight excluding hydrogens is 366 g/mol. The Labute approximate surface area is 151 Å². The summed E-state index contributed by atoms with van der Waals surface area (Å²) < 4.78 is 0. The number of hydrogen-bond acceptors (Lipinski definition) is 8. The first-order valence-electron chi connectivity index (χ1n) is 7.60. The van der Waals surface area contributed by atoms with Crippen molar-refractivity contribution < 1.29 is 4.79 Å². The number of anilines is 1. The van der Waals surface area contributed by atoms with Crippen molar-refractivity contribution >= 4 is 45.9 Å². The maximum atomic E-state index is 12.4. The van der Waals surface area contributed by atoms with Crippen molar-refractivity contribution in [2.45, 2.75) is 48.6 Å². The first-order chi connectivity index (χ1) is 11.6. The molecule has 3 heterocycles. The summed E-state index contributed by atoms with van der Waals surface area (Å²) in [4.78, 5) is 31.8. The molecular formula is C14H17N5O2S3. The zero-order chi connectivity index (χ0) is 17.1. The van der Waals surface area contributed by atoms with Crippen molar-refractivity contribution in [3.05, 3.63) is 26.6 Å². The third-order valence-electron chi connectivity index (χ3n) is 3.48. The molecule has 2 aromatic rings. The fourth-order valence-corrected chi connectivity index (χ4v) is 4.82. The van der Waals surface area contributed by atoms with Gasteiger partial charge in [0, 0.05) is 17.1 Å². The van der Waals surface area contributed by atoms with E-state index in [1.807, 2.05) is 13.8 Å². The van der Waals surface area contributed by atoms with E-state index in [2.05, 4.69) is 25.5 Å². The minimum atomic E-state index is -0.353. The molecule has 0 saturated carbocycles. The lowest BCUT2D eigenvalue weighted by Crippen LogP contribution is -2.25. The van der Waals surface area contributed by atoms with Crippen LogP contribution in [0, 0.1) is 0 Å². The summed E-state index contributed by atoms with van der Waals surface area (Å²) in [6, 6.07) is 0. The van der Waals surface area contributed by atoms with Crippen LogP contribution in [0.2, 0.25) is 0 Å². The number of amides is 1. The van der Waals surface area contributed by atoms with Crippen LogP contribution in [0.25, 0.3) is 0 Å². The quantitative estimate of drug-likeness (QED) is 0.583. The Morgan fingerprint density at radius 2 is 2.21 bits per heavy atom. The summed E-state index contributed by atoms with van der Waals surface area (Å²) in [5.74, 6) is 1.30. The summed E-state index contributed by atoms with van der Waals surface area (Å²) in [5, 5.41) is 12.3. The van der Waals surface area contributed by atoms with Gasteiger partial charge in [-0.3, -0.25) is 14.9 Å². The van der Waals surface area contributed by atoms with Crippen LogP contribution in [0.1, 0.15) is 36.5 Å². The van der Waals surface area contributed by atoms with Crippen LogP contribution in [0.5, 0.6) is 0 Å². The minimum absolute atomic E-state index is 0.0977. The van der Waals surface area contributed by atoms with Crippen molar-refractivity contribution in [3.8, 4) is 0 Å². The first-order valence-corrected chi connectivity index (χ1v) is 10.5. The summed E-state index contributed by atoms with van der Waals surface area (Å²) in [6.45, 7) is 3.92. The number of hydrogen-bond donors (Lipinski definition) is 2. The summed E-state index contributed by atoms with van der Waals surface area (Å²) >= 11 is 4.33. The lowest BCUT2D eigenvalue weighted by Gasteiger charge is -2.13. The molecule has 2 N–H and O–H groups in total. The maximum absolute atomic E-state index is 12.4. The van der Waals surface area contributed by atoms with Gasteiger partial charge in [-0.15, -0.1) is 10.2 Å². The number of aromatic nitrogens is 4. The van der Waals surface area contributed by atoms with Gasteiger partial charge in [-0.25, -0.2) is 4.98 Å². The second kappa shape index (κ2) is 7.66. The molecule has 7 nitrogen and oxygen atoms in total. The standard InChI is InChI=1S/C14H17N5O2S3/c1-3-9(12(21)17-14-19-18-10(4-2)24-14)23-13-15-8-6-22-5-7(8)11(20)16-13/h9H,3-6H2,1-2H3,(H,15,16,20)(H,17,19,21). The van der Waals surface area contributed by atoms with Gasteiger partial charge < -0.3 is 4.98 Å². The molecule has 128 valence electrons. The highest BCUT2D eigenvalue weighted by molar-refractivity contribution is 8.00. The zero-order valence-electron chi connectivity index (χ0n) is 13.3. The lowest BCUT2D eigenvalue weighted by molar-refractivity contribution is -0.115. The molecule has 0 aliphatic carbocycles. The Hall–Kier alpha value is -1.39. The second-order valence-corrected chi connectivity index (χ2v) is 8.39. The van der Waals surface area contributed by atoms with Gasteiger partial charge in [-0.1, -0.05) is 36.9 Å². The van der Waals surface area contributed by atoms with Gasteiger partial charge in [0.2, 0.25) is 11.0 Å². The number of nitrogens with zero attached hydrogens (tertiary/aromatic N) is 3. The fourth-order valence-electron chi connectivity index (χ4n) is 2.19. The molecule has 1 amide bonds. The van der Waals surface area contributed by atoms with Gasteiger partial charge in [-0.2, -0.15) is 11.8 Å². The van der Waals surface area contributed by atoms with Crippen LogP contribution in [0.4, 0.5) is 5.13 Å². The molecule has 0 radical (unpaired) electrons. The molecule has 1 aliphatic heterocycles. The number of aryl methyl sites for hydroxylation is 1. The Morgan fingerprint density at radius 1 is 1.38 bits per heavy atom. The highest BCUT2D eigenvalue weighted by Gasteiger charge is 2.23. The Morgan fingerprint density at radius 3 is 2.92 bits per heavy atom. The van der Waals surface area contributed by atoms with Gasteiger partial charge in [0.05, 0.1) is 10.9 Å². The molecule has 3 rings (SSSR count).